The number of aromatic nitrogens is 2. The number of nitrogens with one attached hydrogen (secondary N) is 1. The normalized spacial score (nSPS) is 9.73. The van der Waals surface area contributed by atoms with Gasteiger partial charge in [0.1, 0.15) is 0 Å². The number of rotatable bonds is 5. The molecule has 0 unspecified atom stereocenters. The average molecular weight is 210 g/mol. The van der Waals surface area contributed by atoms with E-state index in [9.17, 15) is 4.79 Å². The number of methoxy groups -OCH3 is 1. The zero-order chi connectivity index (χ0) is 11.3. The maximum atomic E-state index is 10.5. The summed E-state index contributed by atoms with van der Waals surface area (Å²) in [5.74, 6) is 0.569. The van der Waals surface area contributed by atoms with Crippen molar-refractivity contribution in [1.82, 2.24) is 9.97 Å². The zero-order valence-corrected chi connectivity index (χ0v) is 8.78. The van der Waals surface area contributed by atoms with Crippen molar-refractivity contribution in [1.29, 1.82) is 0 Å². The highest BCUT2D eigenvalue weighted by molar-refractivity contribution is 5.74. The first-order chi connectivity index (χ1) is 7.11. The molecule has 0 saturated carbocycles. The van der Waals surface area contributed by atoms with E-state index in [1.54, 1.807) is 6.07 Å². The van der Waals surface area contributed by atoms with Crippen LogP contribution < -0.4 is 15.8 Å². The van der Waals surface area contributed by atoms with Crippen molar-refractivity contribution in [2.75, 3.05) is 19.0 Å². The van der Waals surface area contributed by atoms with Crippen molar-refractivity contribution in [3.8, 4) is 5.88 Å². The van der Waals surface area contributed by atoms with Gasteiger partial charge in [0.25, 0.3) is 0 Å². The lowest BCUT2D eigenvalue weighted by Gasteiger charge is -2.06. The van der Waals surface area contributed by atoms with Crippen LogP contribution in [0, 0.1) is 6.92 Å². The van der Waals surface area contributed by atoms with E-state index in [2.05, 4.69) is 15.3 Å². The molecule has 6 nitrogen and oxygen atoms in total. The topological polar surface area (TPSA) is 90.1 Å². The number of ether oxygens (including phenoxy) is 1. The largest absolute Gasteiger partial charge is 0.481 e. The van der Waals surface area contributed by atoms with Crippen LogP contribution in [-0.2, 0) is 4.79 Å². The molecule has 0 aliphatic heterocycles. The quantitative estimate of drug-likeness (QED) is 0.718. The summed E-state index contributed by atoms with van der Waals surface area (Å²) in [6, 6.07) is 1.72. The highest BCUT2D eigenvalue weighted by Gasteiger charge is 2.02. The molecule has 0 aromatic carbocycles. The maximum absolute atomic E-state index is 10.5. The van der Waals surface area contributed by atoms with Gasteiger partial charge in [-0.05, 0) is 6.92 Å². The third-order valence-electron chi connectivity index (χ3n) is 1.69. The fraction of sp³-hybridized carbons (Fsp3) is 0.444. The summed E-state index contributed by atoms with van der Waals surface area (Å²) < 4.78 is 4.98. The third-order valence-corrected chi connectivity index (χ3v) is 1.69. The summed E-state index contributed by atoms with van der Waals surface area (Å²) in [7, 11) is 1.54. The van der Waals surface area contributed by atoms with Gasteiger partial charge in [-0.3, -0.25) is 4.79 Å². The van der Waals surface area contributed by atoms with Crippen LogP contribution in [0.2, 0.25) is 0 Å². The molecule has 1 aromatic heterocycles. The summed E-state index contributed by atoms with van der Waals surface area (Å²) in [5.41, 5.74) is 5.79. The minimum Gasteiger partial charge on any atom is -0.481 e. The van der Waals surface area contributed by atoms with E-state index in [0.29, 0.717) is 18.4 Å². The Morgan fingerprint density at radius 1 is 1.60 bits per heavy atom. The Morgan fingerprint density at radius 2 is 2.33 bits per heavy atom. The van der Waals surface area contributed by atoms with Gasteiger partial charge in [-0.2, -0.15) is 4.98 Å². The van der Waals surface area contributed by atoms with Crippen molar-refractivity contribution in [2.24, 2.45) is 5.73 Å². The van der Waals surface area contributed by atoms with E-state index in [-0.39, 0.29) is 12.3 Å². The van der Waals surface area contributed by atoms with Crippen LogP contribution in [0.15, 0.2) is 6.07 Å². The molecular weight excluding hydrogens is 196 g/mol. The van der Waals surface area contributed by atoms with E-state index in [1.807, 2.05) is 6.92 Å². The molecule has 0 fully saturated rings. The molecule has 0 aliphatic carbocycles. The van der Waals surface area contributed by atoms with Gasteiger partial charge in [0.15, 0.2) is 0 Å². The first kappa shape index (κ1) is 11.2. The monoisotopic (exact) mass is 210 g/mol. The van der Waals surface area contributed by atoms with Crippen LogP contribution >= 0.6 is 0 Å². The number of amides is 1. The van der Waals surface area contributed by atoms with Gasteiger partial charge in [-0.25, -0.2) is 4.98 Å². The van der Waals surface area contributed by atoms with Crippen LogP contribution in [0.1, 0.15) is 12.1 Å². The molecule has 0 radical (unpaired) electrons. The van der Waals surface area contributed by atoms with Crippen molar-refractivity contribution < 1.29 is 9.53 Å². The number of carbonyl (C=O) groups is 1. The number of carbonyl (C=O) groups excluding carboxylic acids is 1. The number of hydrogen-bond donors (Lipinski definition) is 2. The van der Waals surface area contributed by atoms with Crippen molar-refractivity contribution in [3.63, 3.8) is 0 Å². The maximum Gasteiger partial charge on any atom is 0.226 e. The summed E-state index contributed by atoms with van der Waals surface area (Å²) >= 11 is 0. The van der Waals surface area contributed by atoms with Crippen molar-refractivity contribution in [3.05, 3.63) is 11.8 Å². The highest BCUT2D eigenvalue weighted by atomic mass is 16.5. The second kappa shape index (κ2) is 5.14. The molecule has 1 amide bonds. The number of primary amides is 1. The Kier molecular flexibility index (Phi) is 3.84. The minimum absolute atomic E-state index is 0.250. The number of aryl methyl sites for hydroxylation is 1. The second-order valence-corrected chi connectivity index (χ2v) is 3.02. The molecule has 0 spiro atoms. The SMILES string of the molecule is COc1cc(C)nc(NCCC(N)=O)n1. The Bertz CT molecular complexity index is 354. The number of hydrogen-bond acceptors (Lipinski definition) is 5. The van der Waals surface area contributed by atoms with Crippen LogP contribution in [0.25, 0.3) is 0 Å². The van der Waals surface area contributed by atoms with Crippen LogP contribution in [0.5, 0.6) is 5.88 Å². The van der Waals surface area contributed by atoms with Gasteiger partial charge in [0, 0.05) is 24.7 Å². The van der Waals surface area contributed by atoms with E-state index < -0.39 is 0 Å². The Morgan fingerprint density at radius 3 is 2.93 bits per heavy atom. The minimum atomic E-state index is -0.359. The molecule has 0 saturated heterocycles. The Hall–Kier alpha value is -1.85. The van der Waals surface area contributed by atoms with E-state index >= 15 is 0 Å². The molecular formula is C9H14N4O2. The summed E-state index contributed by atoms with van der Waals surface area (Å²) in [6.07, 6.45) is 0.250. The first-order valence-corrected chi connectivity index (χ1v) is 4.53. The fourth-order valence-corrected chi connectivity index (χ4v) is 1.02. The van der Waals surface area contributed by atoms with Gasteiger partial charge in [0.05, 0.1) is 7.11 Å². The van der Waals surface area contributed by atoms with E-state index in [1.165, 1.54) is 7.11 Å². The molecule has 0 atom stereocenters. The molecule has 3 N–H and O–H groups in total. The first-order valence-electron chi connectivity index (χ1n) is 4.53. The molecule has 82 valence electrons. The zero-order valence-electron chi connectivity index (χ0n) is 8.78. The molecule has 15 heavy (non-hydrogen) atoms. The smallest absolute Gasteiger partial charge is 0.226 e. The lowest BCUT2D eigenvalue weighted by Crippen LogP contribution is -2.16. The van der Waals surface area contributed by atoms with Crippen molar-refractivity contribution in [2.45, 2.75) is 13.3 Å². The molecule has 1 rings (SSSR count). The predicted molar refractivity (Wildman–Crippen MR) is 55.6 cm³/mol. The van der Waals surface area contributed by atoms with Crippen LogP contribution in [-0.4, -0.2) is 29.5 Å². The third kappa shape index (κ3) is 3.80. The number of anilines is 1. The second-order valence-electron chi connectivity index (χ2n) is 3.02. The van der Waals surface area contributed by atoms with Crippen LogP contribution in [0.3, 0.4) is 0 Å². The summed E-state index contributed by atoms with van der Waals surface area (Å²) in [4.78, 5) is 18.7. The average Bonchev–Trinajstić information content (AvgIpc) is 2.16. The molecule has 1 aromatic rings. The molecule has 1 heterocycles. The number of nitrogens with two attached hydrogens (primary N) is 1. The highest BCUT2D eigenvalue weighted by Crippen LogP contribution is 2.10. The van der Waals surface area contributed by atoms with Gasteiger partial charge in [0.2, 0.25) is 17.7 Å². The predicted octanol–water partition coefficient (Wildman–Crippen LogP) is 0.0809. The Labute approximate surface area is 87.9 Å². The van der Waals surface area contributed by atoms with Gasteiger partial charge >= 0.3 is 0 Å². The van der Waals surface area contributed by atoms with E-state index in [0.717, 1.165) is 5.69 Å². The molecule has 6 heteroatoms. The molecule has 0 aliphatic rings. The van der Waals surface area contributed by atoms with Gasteiger partial charge < -0.3 is 15.8 Å². The lowest BCUT2D eigenvalue weighted by molar-refractivity contribution is -0.117. The standard InChI is InChI=1S/C9H14N4O2/c1-6-5-8(15-2)13-9(12-6)11-4-3-7(10)14/h5H,3-4H2,1-2H3,(H2,10,14)(H,11,12,13). The number of nitrogens with zero attached hydrogens (tertiary/aromatic N) is 2. The van der Waals surface area contributed by atoms with Crippen LogP contribution in [0.4, 0.5) is 5.95 Å². The summed E-state index contributed by atoms with van der Waals surface area (Å²) in [5, 5.41) is 2.89. The summed E-state index contributed by atoms with van der Waals surface area (Å²) in [6.45, 7) is 2.26. The molecule has 0 bridgehead atoms. The van der Waals surface area contributed by atoms with Gasteiger partial charge in [-0.15, -0.1) is 0 Å². The van der Waals surface area contributed by atoms with Crippen molar-refractivity contribution >= 4 is 11.9 Å². The Balaban J connectivity index is 2.60. The fourth-order valence-electron chi connectivity index (χ4n) is 1.02. The van der Waals surface area contributed by atoms with Gasteiger partial charge in [-0.1, -0.05) is 0 Å². The lowest BCUT2D eigenvalue weighted by atomic mass is 10.4. The van der Waals surface area contributed by atoms with E-state index in [4.69, 9.17) is 10.5 Å².